The van der Waals surface area contributed by atoms with Gasteiger partial charge in [0, 0.05) is 18.0 Å². The largest absolute Gasteiger partial charge is 0.480 e. The zero-order chi connectivity index (χ0) is 30.0. The first-order valence-electron chi connectivity index (χ1n) is 14.3. The van der Waals surface area contributed by atoms with E-state index in [2.05, 4.69) is 16.2 Å². The lowest BCUT2D eigenvalue weighted by molar-refractivity contribution is -0.151. The zero-order valence-electron chi connectivity index (χ0n) is 24.1. The van der Waals surface area contributed by atoms with E-state index in [1.807, 2.05) is 19.9 Å². The average molecular weight is 572 g/mol. The number of fused-ring (bicyclic) bond motifs is 1. The Morgan fingerprint density at radius 3 is 2.64 bits per heavy atom. The molecule has 0 amide bonds. The number of hydrogen-bond donors (Lipinski definition) is 1. The van der Waals surface area contributed by atoms with Crippen LogP contribution in [0.1, 0.15) is 80.2 Å². The topological polar surface area (TPSA) is 123 Å². The Kier molecular flexibility index (Phi) is 8.23. The third-order valence-electron chi connectivity index (χ3n) is 8.18. The molecule has 0 unspecified atom stereocenters. The summed E-state index contributed by atoms with van der Waals surface area (Å²) in [5, 5.41) is 23.2. The summed E-state index contributed by atoms with van der Waals surface area (Å²) in [6.45, 7) is 5.35. The van der Waals surface area contributed by atoms with E-state index in [9.17, 15) is 14.9 Å². The highest BCUT2D eigenvalue weighted by atomic mass is 19.1. The van der Waals surface area contributed by atoms with Gasteiger partial charge in [0.15, 0.2) is 0 Å². The van der Waals surface area contributed by atoms with Crippen molar-refractivity contribution in [1.29, 1.82) is 5.26 Å². The number of ether oxygens (including phenoxy) is 1. The second-order valence-corrected chi connectivity index (χ2v) is 11.2. The summed E-state index contributed by atoms with van der Waals surface area (Å²) >= 11 is 0. The maximum absolute atomic E-state index is 15.6. The Morgan fingerprint density at radius 1 is 1.24 bits per heavy atom. The first-order chi connectivity index (χ1) is 20.1. The van der Waals surface area contributed by atoms with Gasteiger partial charge in [0.1, 0.15) is 18.2 Å². The van der Waals surface area contributed by atoms with Gasteiger partial charge >= 0.3 is 5.97 Å². The fraction of sp³-hybridized carbons (Fsp3) is 0.406. The number of halogens is 1. The van der Waals surface area contributed by atoms with Crippen LogP contribution in [0, 0.1) is 24.1 Å². The van der Waals surface area contributed by atoms with Crippen LogP contribution >= 0.6 is 0 Å². The van der Waals surface area contributed by atoms with Gasteiger partial charge in [0.05, 0.1) is 22.9 Å². The summed E-state index contributed by atoms with van der Waals surface area (Å²) in [6, 6.07) is 13.9. The standard InChI is InChI=1S/C32H34FN5O4/c1-4-7-28-26(16-22-11-10-21(17-27(22)33)25-9-6-5-8-23(25)18-34)30(41)37(31-35-20(2)36-38(28)31)24-12-14-32(3,15-13-24)42-19-29(39)40/h5-6,8-11,17,24H,4,7,12-16,19H2,1-3H3,(H,39,40)/t24-,32-. The Morgan fingerprint density at radius 2 is 1.98 bits per heavy atom. The molecule has 0 atom stereocenters. The average Bonchev–Trinajstić information content (AvgIpc) is 3.36. The SMILES string of the molecule is CCCc1c(Cc2ccc(-c3ccccc3C#N)cc2F)c(=O)n([C@H]2CC[C@](C)(OCC(=O)O)CC2)c2nc(C)nn12. The molecule has 1 N–H and O–H groups in total. The smallest absolute Gasteiger partial charge is 0.329 e. The Bertz CT molecular complexity index is 1740. The number of carboxylic acid groups (broad SMARTS) is 1. The highest BCUT2D eigenvalue weighted by molar-refractivity contribution is 5.70. The van der Waals surface area contributed by atoms with E-state index in [4.69, 9.17) is 9.84 Å². The predicted molar refractivity (Wildman–Crippen MR) is 155 cm³/mol. The number of nitriles is 1. The van der Waals surface area contributed by atoms with Crippen LogP contribution in [0.15, 0.2) is 47.3 Å². The van der Waals surface area contributed by atoms with Crippen LogP contribution in [0.4, 0.5) is 4.39 Å². The van der Waals surface area contributed by atoms with E-state index < -0.39 is 17.4 Å². The van der Waals surface area contributed by atoms with Gasteiger partial charge < -0.3 is 9.84 Å². The van der Waals surface area contributed by atoms with Gasteiger partial charge in [-0.15, -0.1) is 0 Å². The van der Waals surface area contributed by atoms with Crippen LogP contribution in [0.25, 0.3) is 16.9 Å². The number of carboxylic acids is 1. The molecule has 10 heteroatoms. The number of benzene rings is 2. The van der Waals surface area contributed by atoms with Gasteiger partial charge in [-0.1, -0.05) is 43.7 Å². The van der Waals surface area contributed by atoms with E-state index in [-0.39, 0.29) is 24.6 Å². The van der Waals surface area contributed by atoms with Crippen molar-refractivity contribution in [2.24, 2.45) is 0 Å². The van der Waals surface area contributed by atoms with Crippen LogP contribution < -0.4 is 5.56 Å². The molecule has 5 rings (SSSR count). The Balaban J connectivity index is 1.55. The van der Waals surface area contributed by atoms with Gasteiger partial charge in [0.25, 0.3) is 5.56 Å². The number of aliphatic carboxylic acids is 1. The van der Waals surface area contributed by atoms with Crippen molar-refractivity contribution >= 4 is 11.7 Å². The number of nitrogens with zero attached hydrogens (tertiary/aromatic N) is 5. The lowest BCUT2D eigenvalue weighted by Gasteiger charge is -2.37. The summed E-state index contributed by atoms with van der Waals surface area (Å²) in [7, 11) is 0. The van der Waals surface area contributed by atoms with Crippen LogP contribution in [-0.4, -0.2) is 42.4 Å². The molecule has 1 aliphatic carbocycles. The Labute approximate surface area is 243 Å². The highest BCUT2D eigenvalue weighted by Crippen LogP contribution is 2.37. The summed E-state index contributed by atoms with van der Waals surface area (Å²) in [5.74, 6) is -0.461. The molecule has 0 radical (unpaired) electrons. The molecule has 1 fully saturated rings. The molecule has 1 saturated carbocycles. The van der Waals surface area contributed by atoms with Crippen LogP contribution in [0.5, 0.6) is 0 Å². The third kappa shape index (κ3) is 5.70. The third-order valence-corrected chi connectivity index (χ3v) is 8.18. The monoisotopic (exact) mass is 571 g/mol. The quantitative estimate of drug-likeness (QED) is 0.286. The number of hydrogen-bond acceptors (Lipinski definition) is 6. The van der Waals surface area contributed by atoms with Gasteiger partial charge in [-0.05, 0) is 74.8 Å². The second kappa shape index (κ2) is 11.9. The van der Waals surface area contributed by atoms with Crippen molar-refractivity contribution in [2.75, 3.05) is 6.61 Å². The van der Waals surface area contributed by atoms with Crippen molar-refractivity contribution < 1.29 is 19.0 Å². The molecular formula is C32H34FN5O4. The minimum atomic E-state index is -1.01. The van der Waals surface area contributed by atoms with Crippen molar-refractivity contribution in [2.45, 2.75) is 77.4 Å². The normalized spacial score (nSPS) is 18.7. The molecule has 2 aromatic carbocycles. The maximum atomic E-state index is 15.6. The summed E-state index contributed by atoms with van der Waals surface area (Å²) in [5.41, 5.74) is 2.49. The molecule has 42 heavy (non-hydrogen) atoms. The number of aryl methyl sites for hydroxylation is 2. The molecule has 0 spiro atoms. The summed E-state index contributed by atoms with van der Waals surface area (Å²) < 4.78 is 24.7. The predicted octanol–water partition coefficient (Wildman–Crippen LogP) is 5.40. The van der Waals surface area contributed by atoms with E-state index in [0.29, 0.717) is 71.5 Å². The number of carbonyl (C=O) groups is 1. The lowest BCUT2D eigenvalue weighted by Crippen LogP contribution is -2.39. The molecule has 4 aromatic rings. The molecule has 2 heterocycles. The van der Waals surface area contributed by atoms with E-state index >= 15 is 4.39 Å². The first-order valence-corrected chi connectivity index (χ1v) is 14.3. The molecule has 0 saturated heterocycles. The van der Waals surface area contributed by atoms with Crippen LogP contribution in [0.2, 0.25) is 0 Å². The molecule has 2 aromatic heterocycles. The van der Waals surface area contributed by atoms with Crippen molar-refractivity contribution in [1.82, 2.24) is 19.2 Å². The van der Waals surface area contributed by atoms with Crippen molar-refractivity contribution in [3.05, 3.63) is 86.8 Å². The van der Waals surface area contributed by atoms with Gasteiger partial charge in [-0.2, -0.15) is 15.3 Å². The lowest BCUT2D eigenvalue weighted by atomic mass is 9.83. The first kappa shape index (κ1) is 29.1. The van der Waals surface area contributed by atoms with Crippen LogP contribution in [-0.2, 0) is 22.4 Å². The summed E-state index contributed by atoms with van der Waals surface area (Å²) in [4.78, 5) is 29.9. The minimum Gasteiger partial charge on any atom is -0.480 e. The fourth-order valence-corrected chi connectivity index (χ4v) is 5.96. The fourth-order valence-electron chi connectivity index (χ4n) is 5.96. The minimum absolute atomic E-state index is 0.0845. The van der Waals surface area contributed by atoms with Gasteiger partial charge in [0.2, 0.25) is 5.78 Å². The molecule has 218 valence electrons. The number of aromatic nitrogens is 4. The van der Waals surface area contributed by atoms with Crippen molar-refractivity contribution in [3.8, 4) is 17.2 Å². The van der Waals surface area contributed by atoms with E-state index in [1.54, 1.807) is 46.3 Å². The van der Waals surface area contributed by atoms with E-state index in [0.717, 1.165) is 12.1 Å². The van der Waals surface area contributed by atoms with Crippen LogP contribution in [0.3, 0.4) is 0 Å². The second-order valence-electron chi connectivity index (χ2n) is 11.2. The van der Waals surface area contributed by atoms with E-state index in [1.165, 1.54) is 6.07 Å². The van der Waals surface area contributed by atoms with Gasteiger partial charge in [-0.3, -0.25) is 9.36 Å². The molecule has 1 aliphatic rings. The highest BCUT2D eigenvalue weighted by Gasteiger charge is 2.35. The Hall–Kier alpha value is -4.36. The van der Waals surface area contributed by atoms with Gasteiger partial charge in [-0.25, -0.2) is 13.7 Å². The molecular weight excluding hydrogens is 537 g/mol. The number of rotatable bonds is 9. The summed E-state index contributed by atoms with van der Waals surface area (Å²) in [6.07, 6.45) is 3.80. The molecule has 9 nitrogen and oxygen atoms in total. The maximum Gasteiger partial charge on any atom is 0.329 e. The van der Waals surface area contributed by atoms with Crippen molar-refractivity contribution in [3.63, 3.8) is 0 Å². The molecule has 0 aliphatic heterocycles. The molecule has 0 bridgehead atoms. The zero-order valence-corrected chi connectivity index (χ0v) is 24.1.